The number of amides is 2. The number of hydrogen-bond acceptors (Lipinski definition) is 4. The molecule has 1 heterocycles. The van der Waals surface area contributed by atoms with Crippen LogP contribution in [0.1, 0.15) is 28.9 Å². The average Bonchev–Trinajstić information content (AvgIpc) is 2.94. The Hall–Kier alpha value is -3.03. The van der Waals surface area contributed by atoms with Gasteiger partial charge < -0.3 is 20.8 Å². The fourth-order valence-electron chi connectivity index (χ4n) is 1.75. The number of anilines is 1. The van der Waals surface area contributed by atoms with Gasteiger partial charge in [-0.2, -0.15) is 5.10 Å². The number of hydrogen-bond donors (Lipinski definition) is 5. The summed E-state index contributed by atoms with van der Waals surface area (Å²) < 4.78 is 0. The number of carboxylic acids is 1. The average molecular weight is 290 g/mol. The number of aromatic carboxylic acids is 1. The summed E-state index contributed by atoms with van der Waals surface area (Å²) in [4.78, 5) is 22.9. The Balaban J connectivity index is 2.08. The van der Waals surface area contributed by atoms with Gasteiger partial charge in [0.2, 0.25) is 0 Å². The number of urea groups is 1. The minimum atomic E-state index is -1.25. The van der Waals surface area contributed by atoms with E-state index in [-0.39, 0.29) is 23.0 Å². The van der Waals surface area contributed by atoms with Crippen molar-refractivity contribution in [2.45, 2.75) is 13.0 Å². The number of phenolic OH excluding ortho intramolecular Hbond substituents is 1. The number of rotatable bonds is 4. The SMILES string of the molecule is CC(NC(=O)Nc1ccc(O)cc1C(=O)O)c1cn[nH]c1. The van der Waals surface area contributed by atoms with Crippen LogP contribution >= 0.6 is 0 Å². The second-order valence-electron chi connectivity index (χ2n) is 4.39. The van der Waals surface area contributed by atoms with Crippen molar-refractivity contribution >= 4 is 17.7 Å². The Morgan fingerprint density at radius 2 is 2.14 bits per heavy atom. The molecule has 0 fully saturated rings. The quantitative estimate of drug-likeness (QED) is 0.547. The van der Waals surface area contributed by atoms with E-state index in [9.17, 15) is 14.7 Å². The molecule has 5 N–H and O–H groups in total. The summed E-state index contributed by atoms with van der Waals surface area (Å²) in [6, 6.07) is 2.82. The standard InChI is InChI=1S/C13H14N4O4/c1-7(8-5-14-15-6-8)16-13(21)17-11-3-2-9(18)4-10(11)12(19)20/h2-7,18H,1H3,(H,14,15)(H,19,20)(H2,16,17,21). The lowest BCUT2D eigenvalue weighted by Crippen LogP contribution is -2.31. The number of phenols is 1. The molecule has 0 aliphatic carbocycles. The Morgan fingerprint density at radius 1 is 1.38 bits per heavy atom. The van der Waals surface area contributed by atoms with E-state index in [1.807, 2.05) is 0 Å². The van der Waals surface area contributed by atoms with E-state index in [1.165, 1.54) is 12.1 Å². The zero-order valence-corrected chi connectivity index (χ0v) is 11.1. The number of H-pyrrole nitrogens is 1. The van der Waals surface area contributed by atoms with Crippen LogP contribution in [-0.2, 0) is 0 Å². The van der Waals surface area contributed by atoms with Gasteiger partial charge in [0.1, 0.15) is 5.75 Å². The maximum atomic E-state index is 11.9. The lowest BCUT2D eigenvalue weighted by molar-refractivity contribution is 0.0697. The van der Waals surface area contributed by atoms with Gasteiger partial charge in [0.25, 0.3) is 0 Å². The van der Waals surface area contributed by atoms with E-state index >= 15 is 0 Å². The highest BCUT2D eigenvalue weighted by atomic mass is 16.4. The molecule has 1 unspecified atom stereocenters. The van der Waals surface area contributed by atoms with Gasteiger partial charge in [-0.3, -0.25) is 5.10 Å². The highest BCUT2D eigenvalue weighted by Crippen LogP contribution is 2.21. The number of aromatic hydroxyl groups is 1. The predicted octanol–water partition coefficient (Wildman–Crippen LogP) is 1.70. The smallest absolute Gasteiger partial charge is 0.337 e. The van der Waals surface area contributed by atoms with Crippen molar-refractivity contribution in [2.75, 3.05) is 5.32 Å². The van der Waals surface area contributed by atoms with Crippen molar-refractivity contribution in [1.29, 1.82) is 0 Å². The number of carbonyl (C=O) groups excluding carboxylic acids is 1. The van der Waals surface area contributed by atoms with Crippen LogP contribution in [0.2, 0.25) is 0 Å². The largest absolute Gasteiger partial charge is 0.508 e. The Morgan fingerprint density at radius 3 is 2.76 bits per heavy atom. The number of nitrogens with one attached hydrogen (secondary N) is 3. The molecule has 1 atom stereocenters. The Bertz CT molecular complexity index is 654. The molecule has 0 bridgehead atoms. The van der Waals surface area contributed by atoms with Crippen molar-refractivity contribution in [3.8, 4) is 5.75 Å². The first-order chi connectivity index (χ1) is 9.97. The Labute approximate surface area is 119 Å². The van der Waals surface area contributed by atoms with Gasteiger partial charge in [0, 0.05) is 11.8 Å². The van der Waals surface area contributed by atoms with Crippen molar-refractivity contribution in [3.63, 3.8) is 0 Å². The fourth-order valence-corrected chi connectivity index (χ4v) is 1.75. The van der Waals surface area contributed by atoms with E-state index in [2.05, 4.69) is 20.8 Å². The van der Waals surface area contributed by atoms with Crippen LogP contribution in [0.3, 0.4) is 0 Å². The highest BCUT2D eigenvalue weighted by Gasteiger charge is 2.15. The molecule has 8 heteroatoms. The second kappa shape index (κ2) is 5.95. The summed E-state index contributed by atoms with van der Waals surface area (Å²) in [5.41, 5.74) is 0.688. The van der Waals surface area contributed by atoms with Crippen molar-refractivity contribution in [3.05, 3.63) is 41.7 Å². The van der Waals surface area contributed by atoms with Crippen LogP contribution < -0.4 is 10.6 Å². The topological polar surface area (TPSA) is 127 Å². The monoisotopic (exact) mass is 290 g/mol. The first-order valence-electron chi connectivity index (χ1n) is 6.10. The molecule has 1 aromatic carbocycles. The van der Waals surface area contributed by atoms with Gasteiger partial charge in [-0.1, -0.05) is 0 Å². The molecule has 2 rings (SSSR count). The summed E-state index contributed by atoms with van der Waals surface area (Å²) in [5.74, 6) is -1.44. The number of aromatic nitrogens is 2. The molecular formula is C13H14N4O4. The summed E-state index contributed by atoms with van der Waals surface area (Å²) in [6.45, 7) is 1.76. The lowest BCUT2D eigenvalue weighted by Gasteiger charge is -2.14. The summed E-state index contributed by atoms with van der Waals surface area (Å²) in [7, 11) is 0. The number of benzene rings is 1. The zero-order chi connectivity index (χ0) is 15.4. The molecule has 21 heavy (non-hydrogen) atoms. The third kappa shape index (κ3) is 3.50. The molecule has 110 valence electrons. The van der Waals surface area contributed by atoms with Crippen LogP contribution in [0.15, 0.2) is 30.6 Å². The summed E-state index contributed by atoms with van der Waals surface area (Å²) in [5, 5.41) is 29.8. The summed E-state index contributed by atoms with van der Waals surface area (Å²) in [6.07, 6.45) is 3.22. The second-order valence-corrected chi connectivity index (χ2v) is 4.39. The van der Waals surface area contributed by atoms with E-state index in [1.54, 1.807) is 19.3 Å². The predicted molar refractivity (Wildman–Crippen MR) is 74.2 cm³/mol. The molecule has 1 aromatic heterocycles. The Kier molecular flexibility index (Phi) is 4.07. The number of carboxylic acid groups (broad SMARTS) is 1. The van der Waals surface area contributed by atoms with Gasteiger partial charge in [-0.05, 0) is 25.1 Å². The van der Waals surface area contributed by atoms with E-state index in [0.29, 0.717) is 0 Å². The van der Waals surface area contributed by atoms with Gasteiger partial charge in [0.15, 0.2) is 0 Å². The van der Waals surface area contributed by atoms with Crippen LogP contribution in [0.4, 0.5) is 10.5 Å². The molecule has 0 aliphatic rings. The number of aromatic amines is 1. The van der Waals surface area contributed by atoms with Crippen molar-refractivity contribution in [2.24, 2.45) is 0 Å². The van der Waals surface area contributed by atoms with Crippen LogP contribution in [-0.4, -0.2) is 32.4 Å². The normalized spacial score (nSPS) is 11.7. The van der Waals surface area contributed by atoms with Crippen molar-refractivity contribution < 1.29 is 19.8 Å². The van der Waals surface area contributed by atoms with Crippen molar-refractivity contribution in [1.82, 2.24) is 15.5 Å². The minimum Gasteiger partial charge on any atom is -0.508 e. The van der Waals surface area contributed by atoms with Crippen LogP contribution in [0.25, 0.3) is 0 Å². The first-order valence-corrected chi connectivity index (χ1v) is 6.10. The van der Waals surface area contributed by atoms with E-state index in [0.717, 1.165) is 11.6 Å². The molecule has 0 aliphatic heterocycles. The van der Waals surface area contributed by atoms with E-state index < -0.39 is 12.0 Å². The van der Waals surface area contributed by atoms with Gasteiger partial charge in [0.05, 0.1) is 23.5 Å². The third-order valence-corrected chi connectivity index (χ3v) is 2.85. The highest BCUT2D eigenvalue weighted by molar-refractivity contribution is 6.00. The third-order valence-electron chi connectivity index (χ3n) is 2.85. The van der Waals surface area contributed by atoms with E-state index in [4.69, 9.17) is 5.11 Å². The van der Waals surface area contributed by atoms with Crippen LogP contribution in [0.5, 0.6) is 5.75 Å². The molecule has 0 saturated carbocycles. The molecule has 0 saturated heterocycles. The molecule has 2 aromatic rings. The lowest BCUT2D eigenvalue weighted by atomic mass is 10.1. The number of nitrogens with zero attached hydrogens (tertiary/aromatic N) is 1. The summed E-state index contributed by atoms with van der Waals surface area (Å²) >= 11 is 0. The minimum absolute atomic E-state index is 0.0946. The molecule has 0 radical (unpaired) electrons. The fraction of sp³-hybridized carbons (Fsp3) is 0.154. The maximum Gasteiger partial charge on any atom is 0.337 e. The molecule has 2 amide bonds. The molecular weight excluding hydrogens is 276 g/mol. The zero-order valence-electron chi connectivity index (χ0n) is 11.1. The van der Waals surface area contributed by atoms with Gasteiger partial charge in [-0.15, -0.1) is 0 Å². The molecule has 8 nitrogen and oxygen atoms in total. The maximum absolute atomic E-state index is 11.9. The van der Waals surface area contributed by atoms with Gasteiger partial charge >= 0.3 is 12.0 Å². The number of carbonyl (C=O) groups is 2. The van der Waals surface area contributed by atoms with Gasteiger partial charge in [-0.25, -0.2) is 9.59 Å². The first kappa shape index (κ1) is 14.4. The molecule has 0 spiro atoms. The van der Waals surface area contributed by atoms with Crippen LogP contribution in [0, 0.1) is 0 Å².